The van der Waals surface area contributed by atoms with Crippen LogP contribution in [0.4, 0.5) is 22.0 Å². The molecule has 4 atom stereocenters. The van der Waals surface area contributed by atoms with E-state index < -0.39 is 46.8 Å². The maximum atomic E-state index is 14.2. The van der Waals surface area contributed by atoms with E-state index in [0.29, 0.717) is 24.6 Å². The molecule has 7 nitrogen and oxygen atoms in total. The molecule has 4 aromatic rings. The molecule has 2 heterocycles. The third-order valence-corrected chi connectivity index (χ3v) is 9.22. The molecular formula is C38H37F5N2O5. The van der Waals surface area contributed by atoms with Crippen molar-refractivity contribution < 1.29 is 46.1 Å². The van der Waals surface area contributed by atoms with Crippen molar-refractivity contribution in [3.63, 3.8) is 0 Å². The van der Waals surface area contributed by atoms with Crippen LogP contribution in [0, 0.1) is 29.1 Å². The van der Waals surface area contributed by atoms with Gasteiger partial charge >= 0.3 is 0 Å². The van der Waals surface area contributed by atoms with Crippen LogP contribution in [-0.4, -0.2) is 54.9 Å². The number of halogens is 5. The highest BCUT2D eigenvalue weighted by Crippen LogP contribution is 2.39. The number of carbonyl (C=O) groups is 1. The van der Waals surface area contributed by atoms with E-state index in [1.54, 1.807) is 25.3 Å². The van der Waals surface area contributed by atoms with Gasteiger partial charge in [-0.15, -0.1) is 0 Å². The van der Waals surface area contributed by atoms with Gasteiger partial charge in [0.2, 0.25) is 5.82 Å². The fourth-order valence-corrected chi connectivity index (χ4v) is 6.61. The molecule has 2 saturated heterocycles. The van der Waals surface area contributed by atoms with Crippen LogP contribution in [0.5, 0.6) is 0 Å². The molecule has 6 rings (SSSR count). The van der Waals surface area contributed by atoms with Gasteiger partial charge in [-0.25, -0.2) is 22.0 Å². The average Bonchev–Trinajstić information content (AvgIpc) is 3.58. The summed E-state index contributed by atoms with van der Waals surface area (Å²) < 4.78 is 87.7. The first-order valence-corrected chi connectivity index (χ1v) is 16.4. The van der Waals surface area contributed by atoms with Gasteiger partial charge in [0, 0.05) is 38.2 Å². The lowest BCUT2D eigenvalue weighted by atomic mass is 9.98. The van der Waals surface area contributed by atoms with E-state index in [9.17, 15) is 31.9 Å². The van der Waals surface area contributed by atoms with Gasteiger partial charge in [0.05, 0.1) is 25.4 Å². The lowest BCUT2D eigenvalue weighted by Crippen LogP contribution is -2.42. The van der Waals surface area contributed by atoms with Crippen molar-refractivity contribution in [3.8, 4) is 11.1 Å². The van der Waals surface area contributed by atoms with Crippen LogP contribution in [0.3, 0.4) is 0 Å². The number of hydrogen-bond acceptors (Lipinski definition) is 6. The Labute approximate surface area is 286 Å². The average molecular weight is 697 g/mol. The lowest BCUT2D eigenvalue weighted by Gasteiger charge is -2.39. The molecule has 4 aromatic carbocycles. The Morgan fingerprint density at radius 2 is 1.54 bits per heavy atom. The maximum absolute atomic E-state index is 14.2. The Kier molecular flexibility index (Phi) is 11.2. The number of carbonyl (C=O) groups excluding carboxylic acids is 1. The number of benzene rings is 4. The number of likely N-dealkylation sites (tertiary alicyclic amines) is 1. The van der Waals surface area contributed by atoms with E-state index in [2.05, 4.69) is 10.2 Å². The Hall–Kier alpha value is -4.20. The van der Waals surface area contributed by atoms with Crippen molar-refractivity contribution in [1.82, 2.24) is 10.2 Å². The van der Waals surface area contributed by atoms with E-state index in [1.807, 2.05) is 54.6 Å². The number of aliphatic hydroxyl groups excluding tert-OH is 1. The fraction of sp³-hybridized carbons (Fsp3) is 0.342. The molecule has 0 unspecified atom stereocenters. The van der Waals surface area contributed by atoms with Crippen molar-refractivity contribution in [2.75, 3.05) is 26.8 Å². The first kappa shape index (κ1) is 35.6. The highest BCUT2D eigenvalue weighted by atomic mass is 19.2. The Bertz CT molecular complexity index is 1800. The van der Waals surface area contributed by atoms with Gasteiger partial charge in [-0.2, -0.15) is 0 Å². The number of rotatable bonds is 11. The van der Waals surface area contributed by atoms with Gasteiger partial charge in [-0.1, -0.05) is 60.7 Å². The zero-order valence-corrected chi connectivity index (χ0v) is 27.3. The predicted octanol–water partition coefficient (Wildman–Crippen LogP) is 7.13. The van der Waals surface area contributed by atoms with Crippen LogP contribution in [0.15, 0.2) is 72.8 Å². The molecule has 2 aliphatic rings. The highest BCUT2D eigenvalue weighted by molar-refractivity contribution is 5.94. The molecule has 12 heteroatoms. The zero-order chi connectivity index (χ0) is 35.4. The zero-order valence-electron chi connectivity index (χ0n) is 27.3. The summed E-state index contributed by atoms with van der Waals surface area (Å²) in [5.74, 6) is -12.5. The molecule has 0 radical (unpaired) electrons. The minimum absolute atomic E-state index is 0.0539. The molecular weight excluding hydrogens is 659 g/mol. The van der Waals surface area contributed by atoms with Gasteiger partial charge in [-0.3, -0.25) is 9.69 Å². The first-order chi connectivity index (χ1) is 24.2. The summed E-state index contributed by atoms with van der Waals surface area (Å²) in [6.45, 7) is 2.04. The number of aliphatic hydroxyl groups is 1. The van der Waals surface area contributed by atoms with Crippen LogP contribution in [-0.2, 0) is 27.4 Å². The maximum Gasteiger partial charge on any atom is 0.257 e. The SMILES string of the molecule is COC[C@@H]1CCCN1C[C@@H]1C[C@H](c2ccc(CO)cc2)O[C@H](c2cccc(-c3cccc(CNC(=O)c4c(F)c(F)c(F)c(F)c4F)c3)c2)O1. The molecule has 0 aromatic heterocycles. The van der Waals surface area contributed by atoms with Crippen LogP contribution in [0.2, 0.25) is 0 Å². The third-order valence-electron chi connectivity index (χ3n) is 9.22. The normalized spacial score (nSPS) is 21.0. The number of nitrogens with one attached hydrogen (secondary N) is 1. The number of nitrogens with zero attached hydrogens (tertiary/aromatic N) is 1. The molecule has 0 bridgehead atoms. The summed E-state index contributed by atoms with van der Waals surface area (Å²) in [6, 6.07) is 22.6. The summed E-state index contributed by atoms with van der Waals surface area (Å²) in [6.07, 6.45) is 1.71. The van der Waals surface area contributed by atoms with E-state index in [-0.39, 0.29) is 25.4 Å². The second-order valence-electron chi connectivity index (χ2n) is 12.5. The standard InChI is InChI=1S/C38H37F5N2O5/c1-48-21-28-9-4-14-45(28)19-29-17-30(24-12-10-22(20-46)11-13-24)50-38(49-29)27-8-3-7-26(16-27)25-6-2-5-23(15-25)18-44-37(47)31-32(39)34(41)36(43)35(42)33(31)40/h2-3,5-8,10-13,15-16,28-30,38,46H,4,9,14,17-21H2,1H3,(H,44,47)/t28-,29-,30+,38+/m0/s1. The predicted molar refractivity (Wildman–Crippen MR) is 174 cm³/mol. The summed E-state index contributed by atoms with van der Waals surface area (Å²) in [5, 5.41) is 11.8. The quantitative estimate of drug-likeness (QED) is 0.0988. The van der Waals surface area contributed by atoms with Crippen molar-refractivity contribution >= 4 is 5.91 Å². The smallest absolute Gasteiger partial charge is 0.257 e. The van der Waals surface area contributed by atoms with Crippen LogP contribution in [0.25, 0.3) is 11.1 Å². The molecule has 50 heavy (non-hydrogen) atoms. The molecule has 264 valence electrons. The number of ether oxygens (including phenoxy) is 3. The molecule has 0 aliphatic carbocycles. The van der Waals surface area contributed by atoms with Gasteiger partial charge in [0.1, 0.15) is 5.56 Å². The summed E-state index contributed by atoms with van der Waals surface area (Å²) in [5.41, 5.74) is 3.10. The molecule has 2 N–H and O–H groups in total. The highest BCUT2D eigenvalue weighted by Gasteiger charge is 2.36. The van der Waals surface area contributed by atoms with Gasteiger partial charge in [-0.05, 0) is 59.3 Å². The molecule has 2 aliphatic heterocycles. The van der Waals surface area contributed by atoms with Crippen LogP contribution in [0.1, 0.15) is 64.3 Å². The first-order valence-electron chi connectivity index (χ1n) is 16.4. The van der Waals surface area contributed by atoms with E-state index in [0.717, 1.165) is 53.7 Å². The Morgan fingerprint density at radius 1 is 0.860 bits per heavy atom. The molecule has 0 saturated carbocycles. The second-order valence-corrected chi connectivity index (χ2v) is 12.5. The Morgan fingerprint density at radius 3 is 2.24 bits per heavy atom. The van der Waals surface area contributed by atoms with E-state index in [1.165, 1.54) is 0 Å². The summed E-state index contributed by atoms with van der Waals surface area (Å²) >= 11 is 0. The topological polar surface area (TPSA) is 80.3 Å². The van der Waals surface area contributed by atoms with Crippen molar-refractivity contribution in [2.24, 2.45) is 0 Å². The second kappa shape index (κ2) is 15.8. The fourth-order valence-electron chi connectivity index (χ4n) is 6.61. The number of hydrogen-bond donors (Lipinski definition) is 2. The van der Waals surface area contributed by atoms with Crippen molar-refractivity contribution in [2.45, 2.75) is 57.0 Å². The summed E-state index contributed by atoms with van der Waals surface area (Å²) in [7, 11) is 1.71. The van der Waals surface area contributed by atoms with Gasteiger partial charge in [0.25, 0.3) is 5.91 Å². The van der Waals surface area contributed by atoms with E-state index >= 15 is 0 Å². The largest absolute Gasteiger partial charge is 0.392 e. The van der Waals surface area contributed by atoms with Crippen molar-refractivity contribution in [1.29, 1.82) is 0 Å². The molecule has 0 spiro atoms. The number of amides is 1. The minimum Gasteiger partial charge on any atom is -0.392 e. The summed E-state index contributed by atoms with van der Waals surface area (Å²) in [4.78, 5) is 14.9. The monoisotopic (exact) mass is 696 g/mol. The van der Waals surface area contributed by atoms with Gasteiger partial charge < -0.3 is 24.6 Å². The van der Waals surface area contributed by atoms with Crippen molar-refractivity contribution in [3.05, 3.63) is 130 Å². The molecule has 1 amide bonds. The minimum atomic E-state index is -2.33. The van der Waals surface area contributed by atoms with Crippen LogP contribution >= 0.6 is 0 Å². The Balaban J connectivity index is 1.21. The van der Waals surface area contributed by atoms with Gasteiger partial charge in [0.15, 0.2) is 29.6 Å². The van der Waals surface area contributed by atoms with Crippen LogP contribution < -0.4 is 5.32 Å². The molecule has 2 fully saturated rings. The number of methoxy groups -OCH3 is 1. The van der Waals surface area contributed by atoms with E-state index in [4.69, 9.17) is 14.2 Å². The third kappa shape index (κ3) is 7.74. The lowest BCUT2D eigenvalue weighted by molar-refractivity contribution is -0.253.